The summed E-state index contributed by atoms with van der Waals surface area (Å²) < 4.78 is 2.15. The summed E-state index contributed by atoms with van der Waals surface area (Å²) in [5, 5.41) is 5.28. The molecule has 1 unspecified atom stereocenters. The number of benzene rings is 1. The second kappa shape index (κ2) is 8.42. The van der Waals surface area contributed by atoms with E-state index in [1.807, 2.05) is 24.1 Å². The van der Waals surface area contributed by atoms with Crippen molar-refractivity contribution in [2.45, 2.75) is 63.1 Å². The van der Waals surface area contributed by atoms with Crippen molar-refractivity contribution in [3.8, 4) is 0 Å². The van der Waals surface area contributed by atoms with Gasteiger partial charge in [0.2, 0.25) is 11.8 Å². The number of aryl methyl sites for hydroxylation is 1. The molecule has 0 saturated heterocycles. The molecule has 1 fully saturated rings. The fraction of sp³-hybridized carbons (Fsp3) is 0.565. The van der Waals surface area contributed by atoms with Crippen LogP contribution in [-0.2, 0) is 16.6 Å². The van der Waals surface area contributed by atoms with Crippen LogP contribution < -0.4 is 5.32 Å². The summed E-state index contributed by atoms with van der Waals surface area (Å²) in [4.78, 5) is 28.7. The molecule has 2 aromatic rings. The number of carbonyl (C=O) groups is 2. The molecule has 5 nitrogen and oxygen atoms in total. The number of hydrogen-bond acceptors (Lipinski definition) is 3. The molecule has 1 aromatic carbocycles. The number of thioether (sulfide) groups is 1. The van der Waals surface area contributed by atoms with Gasteiger partial charge in [0, 0.05) is 36.1 Å². The molecular formula is C23H31N3O2S. The second-order valence-electron chi connectivity index (χ2n) is 8.70. The molecule has 1 atom stereocenters. The number of nitrogens with one attached hydrogen (secondary N) is 1. The number of aromatic nitrogens is 1. The molecule has 2 aliphatic rings. The summed E-state index contributed by atoms with van der Waals surface area (Å²) in [6.45, 7) is 4.96. The zero-order valence-corrected chi connectivity index (χ0v) is 18.4. The molecular weight excluding hydrogens is 382 g/mol. The lowest BCUT2D eigenvalue weighted by atomic mass is 10.00. The first kappa shape index (κ1) is 20.3. The topological polar surface area (TPSA) is 54.3 Å². The first-order chi connectivity index (χ1) is 14.0. The van der Waals surface area contributed by atoms with Gasteiger partial charge in [0.25, 0.3) is 0 Å². The smallest absolute Gasteiger partial charge is 0.247 e. The summed E-state index contributed by atoms with van der Waals surface area (Å²) in [7, 11) is 2.04. The predicted molar refractivity (Wildman–Crippen MR) is 118 cm³/mol. The maximum absolute atomic E-state index is 13.5. The monoisotopic (exact) mass is 413 g/mol. The number of nitrogens with zero attached hydrogens (tertiary/aromatic N) is 2. The van der Waals surface area contributed by atoms with E-state index in [9.17, 15) is 9.59 Å². The maximum atomic E-state index is 13.5. The first-order valence-electron chi connectivity index (χ1n) is 10.8. The van der Waals surface area contributed by atoms with E-state index in [1.165, 1.54) is 0 Å². The highest BCUT2D eigenvalue weighted by Crippen LogP contribution is 2.44. The Morgan fingerprint density at radius 3 is 2.69 bits per heavy atom. The Hall–Kier alpha value is -1.95. The Morgan fingerprint density at radius 1 is 1.24 bits per heavy atom. The van der Waals surface area contributed by atoms with Crippen LogP contribution in [-0.4, -0.2) is 39.6 Å². The van der Waals surface area contributed by atoms with Crippen molar-refractivity contribution < 1.29 is 9.59 Å². The third-order valence-electron chi connectivity index (χ3n) is 6.25. The first-order valence-corrected chi connectivity index (χ1v) is 11.8. The average Bonchev–Trinajstić information content (AvgIpc) is 3.27. The van der Waals surface area contributed by atoms with E-state index in [2.05, 4.69) is 35.9 Å². The SMILES string of the molecule is CC(C)CCNC(=O)C1c2c(n(C)c3ccccc23)SCC(=O)N1C1CCCC1. The van der Waals surface area contributed by atoms with Crippen molar-refractivity contribution in [1.29, 1.82) is 0 Å². The minimum Gasteiger partial charge on any atom is -0.354 e. The van der Waals surface area contributed by atoms with Crippen LogP contribution in [0, 0.1) is 5.92 Å². The molecule has 2 amide bonds. The van der Waals surface area contributed by atoms with Crippen molar-refractivity contribution in [2.75, 3.05) is 12.3 Å². The second-order valence-corrected chi connectivity index (χ2v) is 9.66. The van der Waals surface area contributed by atoms with Gasteiger partial charge in [-0.25, -0.2) is 0 Å². The highest BCUT2D eigenvalue weighted by molar-refractivity contribution is 8.00. The lowest BCUT2D eigenvalue weighted by Crippen LogP contribution is -2.48. The fourth-order valence-electron chi connectivity index (χ4n) is 4.76. The largest absolute Gasteiger partial charge is 0.354 e. The number of hydrogen-bond donors (Lipinski definition) is 1. The lowest BCUT2D eigenvalue weighted by molar-refractivity contribution is -0.141. The zero-order valence-electron chi connectivity index (χ0n) is 17.6. The van der Waals surface area contributed by atoms with Gasteiger partial charge in [0.1, 0.15) is 6.04 Å². The van der Waals surface area contributed by atoms with Gasteiger partial charge in [0.05, 0.1) is 10.8 Å². The van der Waals surface area contributed by atoms with E-state index in [-0.39, 0.29) is 17.9 Å². The zero-order chi connectivity index (χ0) is 20.5. The molecule has 0 radical (unpaired) electrons. The van der Waals surface area contributed by atoms with Gasteiger partial charge < -0.3 is 14.8 Å². The van der Waals surface area contributed by atoms with Crippen molar-refractivity contribution >= 4 is 34.5 Å². The highest BCUT2D eigenvalue weighted by atomic mass is 32.2. The van der Waals surface area contributed by atoms with E-state index in [0.29, 0.717) is 18.2 Å². The van der Waals surface area contributed by atoms with Crippen molar-refractivity contribution in [1.82, 2.24) is 14.8 Å². The Balaban J connectivity index is 1.81. The molecule has 29 heavy (non-hydrogen) atoms. The van der Waals surface area contributed by atoms with Crippen LogP contribution in [0.25, 0.3) is 10.9 Å². The Labute approximate surface area is 177 Å². The number of rotatable bonds is 5. The van der Waals surface area contributed by atoms with Crippen LogP contribution >= 0.6 is 11.8 Å². The normalized spacial score (nSPS) is 20.3. The Kier molecular flexibility index (Phi) is 5.91. The average molecular weight is 414 g/mol. The highest BCUT2D eigenvalue weighted by Gasteiger charge is 2.42. The van der Waals surface area contributed by atoms with Gasteiger partial charge in [0.15, 0.2) is 0 Å². The third kappa shape index (κ3) is 3.79. The summed E-state index contributed by atoms with van der Waals surface area (Å²) >= 11 is 1.57. The van der Waals surface area contributed by atoms with Gasteiger partial charge in [-0.05, 0) is 31.2 Å². The standard InChI is InChI=1S/C23H31N3O2S/c1-15(2)12-13-24-22(28)21-20-17-10-6-7-11-18(17)25(3)23(20)29-14-19(27)26(21)16-8-4-5-9-16/h6-7,10-11,15-16,21H,4-5,8-9,12-14H2,1-3H3,(H,24,28). The molecule has 1 aromatic heterocycles. The summed E-state index contributed by atoms with van der Waals surface area (Å²) in [6, 6.07) is 7.85. The van der Waals surface area contributed by atoms with Gasteiger partial charge in [-0.2, -0.15) is 0 Å². The Bertz CT molecular complexity index is 914. The lowest BCUT2D eigenvalue weighted by Gasteiger charge is -2.34. The van der Waals surface area contributed by atoms with E-state index < -0.39 is 6.04 Å². The van der Waals surface area contributed by atoms with Gasteiger partial charge >= 0.3 is 0 Å². The number of para-hydroxylation sites is 1. The van der Waals surface area contributed by atoms with Gasteiger partial charge in [-0.3, -0.25) is 9.59 Å². The molecule has 0 spiro atoms. The Morgan fingerprint density at radius 2 is 1.97 bits per heavy atom. The number of carbonyl (C=O) groups excluding carboxylic acids is 2. The molecule has 1 N–H and O–H groups in total. The number of fused-ring (bicyclic) bond motifs is 3. The van der Waals surface area contributed by atoms with Gasteiger partial charge in [-0.15, -0.1) is 0 Å². The molecule has 1 aliphatic heterocycles. The van der Waals surface area contributed by atoms with Crippen LogP contribution in [0.5, 0.6) is 0 Å². The van der Waals surface area contributed by atoms with Crippen molar-refractivity contribution in [3.63, 3.8) is 0 Å². The summed E-state index contributed by atoms with van der Waals surface area (Å²) in [6.07, 6.45) is 5.18. The molecule has 2 heterocycles. The van der Waals surface area contributed by atoms with Crippen LogP contribution in [0.3, 0.4) is 0 Å². The van der Waals surface area contributed by atoms with Crippen LogP contribution in [0.2, 0.25) is 0 Å². The summed E-state index contributed by atoms with van der Waals surface area (Å²) in [5.74, 6) is 0.974. The third-order valence-corrected chi connectivity index (χ3v) is 7.41. The number of amides is 2. The van der Waals surface area contributed by atoms with Crippen LogP contribution in [0.4, 0.5) is 0 Å². The van der Waals surface area contributed by atoms with Crippen LogP contribution in [0.15, 0.2) is 29.3 Å². The fourth-order valence-corrected chi connectivity index (χ4v) is 5.84. The molecule has 1 aliphatic carbocycles. The minimum atomic E-state index is -0.547. The van der Waals surface area contributed by atoms with Crippen molar-refractivity contribution in [2.24, 2.45) is 13.0 Å². The van der Waals surface area contributed by atoms with E-state index >= 15 is 0 Å². The quantitative estimate of drug-likeness (QED) is 0.797. The maximum Gasteiger partial charge on any atom is 0.247 e. The minimum absolute atomic E-state index is 0.0361. The van der Waals surface area contributed by atoms with E-state index in [4.69, 9.17) is 0 Å². The molecule has 6 heteroatoms. The molecule has 156 valence electrons. The molecule has 1 saturated carbocycles. The van der Waals surface area contributed by atoms with E-state index in [0.717, 1.165) is 53.6 Å². The summed E-state index contributed by atoms with van der Waals surface area (Å²) in [5.41, 5.74) is 2.12. The van der Waals surface area contributed by atoms with Crippen LogP contribution in [0.1, 0.15) is 57.6 Å². The predicted octanol–water partition coefficient (Wildman–Crippen LogP) is 4.26. The van der Waals surface area contributed by atoms with Gasteiger partial charge in [-0.1, -0.05) is 56.7 Å². The van der Waals surface area contributed by atoms with E-state index in [1.54, 1.807) is 11.8 Å². The molecule has 4 rings (SSSR count). The molecule has 0 bridgehead atoms. The van der Waals surface area contributed by atoms with Crippen molar-refractivity contribution in [3.05, 3.63) is 29.8 Å².